The molecular weight excluding hydrogens is 439 g/mol. The molecule has 2 aliphatic rings. The van der Waals surface area contributed by atoms with Gasteiger partial charge < -0.3 is 25.6 Å². The zero-order chi connectivity index (χ0) is 25.1. The van der Waals surface area contributed by atoms with Crippen molar-refractivity contribution in [3.05, 3.63) is 35.6 Å². The molecule has 2 saturated carbocycles. The van der Waals surface area contributed by atoms with E-state index >= 15 is 0 Å². The number of aliphatic hydroxyl groups is 2. The number of hydrogen-bond acceptors (Lipinski definition) is 5. The van der Waals surface area contributed by atoms with Crippen LogP contribution in [0.2, 0.25) is 0 Å². The number of carbonyl (C=O) groups excluding carboxylic acids is 2. The second kappa shape index (κ2) is 10.6. The molecule has 0 aliphatic heterocycles. The summed E-state index contributed by atoms with van der Waals surface area (Å²) in [5, 5.41) is 27.0. The molecule has 0 bridgehead atoms. The van der Waals surface area contributed by atoms with E-state index in [-0.39, 0.29) is 49.2 Å². The first-order valence-electron chi connectivity index (χ1n) is 12.3. The Labute approximate surface area is 201 Å². The lowest BCUT2D eigenvalue weighted by molar-refractivity contribution is -0.186. The summed E-state index contributed by atoms with van der Waals surface area (Å²) in [5.41, 5.74) is -0.269. The van der Waals surface area contributed by atoms with E-state index in [1.54, 1.807) is 12.1 Å². The molecular formula is C26H39FN2O5. The SMILES string of the molecule is CC(C)NC(=O)O[C@@H]1CC[C@]2(C)[C@@H](CC[C@@H](O)[C@H]2CC(=O)NCc2ccc(F)cc2)[C@]1(C)CO. The first-order valence-corrected chi connectivity index (χ1v) is 12.3. The molecule has 1 aromatic rings. The van der Waals surface area contributed by atoms with Crippen LogP contribution in [0.25, 0.3) is 0 Å². The highest BCUT2D eigenvalue weighted by Crippen LogP contribution is 2.61. The molecule has 2 aliphatic carbocycles. The van der Waals surface area contributed by atoms with Crippen molar-refractivity contribution in [2.75, 3.05) is 6.61 Å². The van der Waals surface area contributed by atoms with Gasteiger partial charge in [0.1, 0.15) is 11.9 Å². The van der Waals surface area contributed by atoms with Crippen LogP contribution in [0.3, 0.4) is 0 Å². The summed E-state index contributed by atoms with van der Waals surface area (Å²) in [6, 6.07) is 5.92. The van der Waals surface area contributed by atoms with Gasteiger partial charge in [-0.05, 0) is 74.5 Å². The molecule has 3 rings (SSSR count). The van der Waals surface area contributed by atoms with E-state index in [0.29, 0.717) is 25.7 Å². The number of rotatable bonds is 7. The molecule has 0 unspecified atom stereocenters. The van der Waals surface area contributed by atoms with Crippen LogP contribution < -0.4 is 10.6 Å². The third-order valence-corrected chi connectivity index (χ3v) is 8.14. The minimum atomic E-state index is -0.676. The largest absolute Gasteiger partial charge is 0.446 e. The first kappa shape index (κ1) is 26.4. The topological polar surface area (TPSA) is 108 Å². The standard InChI is InChI=1S/C26H39FN2O5/c1-16(2)29-24(33)34-22-11-12-25(3)19(20(31)9-10-21(25)26(22,4)15-30)13-23(32)28-14-17-5-7-18(27)8-6-17/h5-8,16,19-22,30-31H,9-15H2,1-4H3,(H,28,32)(H,29,33)/t19-,20-,21-,22-,25+,26+/m1/s1. The van der Waals surface area contributed by atoms with Crippen LogP contribution in [-0.4, -0.2) is 47.1 Å². The highest BCUT2D eigenvalue weighted by molar-refractivity contribution is 5.76. The molecule has 0 saturated heterocycles. The van der Waals surface area contributed by atoms with Gasteiger partial charge in [-0.1, -0.05) is 26.0 Å². The van der Waals surface area contributed by atoms with Gasteiger partial charge in [0, 0.05) is 24.4 Å². The summed E-state index contributed by atoms with van der Waals surface area (Å²) in [6.07, 6.45) is 1.05. The average Bonchev–Trinajstić information content (AvgIpc) is 2.77. The van der Waals surface area contributed by atoms with Gasteiger partial charge in [0.15, 0.2) is 0 Å². The number of hydrogen-bond donors (Lipinski definition) is 4. The molecule has 0 spiro atoms. The minimum absolute atomic E-state index is 0.0195. The van der Waals surface area contributed by atoms with Gasteiger partial charge in [-0.2, -0.15) is 0 Å². The predicted octanol–water partition coefficient (Wildman–Crippen LogP) is 3.52. The van der Waals surface area contributed by atoms with Crippen LogP contribution in [0.4, 0.5) is 9.18 Å². The Morgan fingerprint density at radius 2 is 1.85 bits per heavy atom. The van der Waals surface area contributed by atoms with Gasteiger partial charge in [-0.15, -0.1) is 0 Å². The lowest BCUT2D eigenvalue weighted by Gasteiger charge is -2.60. The third-order valence-electron chi connectivity index (χ3n) is 8.14. The summed E-state index contributed by atoms with van der Waals surface area (Å²) >= 11 is 0. The fourth-order valence-corrected chi connectivity index (χ4v) is 6.25. The number of fused-ring (bicyclic) bond motifs is 1. The van der Waals surface area contributed by atoms with E-state index in [1.165, 1.54) is 12.1 Å². The highest BCUT2D eigenvalue weighted by atomic mass is 19.1. The maximum Gasteiger partial charge on any atom is 0.407 e. The van der Waals surface area contributed by atoms with Crippen molar-refractivity contribution in [2.45, 2.75) is 84.6 Å². The van der Waals surface area contributed by atoms with Crippen LogP contribution in [-0.2, 0) is 16.1 Å². The molecule has 0 radical (unpaired) electrons. The number of carbonyl (C=O) groups is 2. The Hall–Kier alpha value is -2.19. The van der Waals surface area contributed by atoms with Crippen molar-refractivity contribution in [2.24, 2.45) is 22.7 Å². The predicted molar refractivity (Wildman–Crippen MR) is 126 cm³/mol. The maximum absolute atomic E-state index is 13.1. The normalized spacial score (nSPS) is 33.2. The van der Waals surface area contributed by atoms with Crippen LogP contribution in [0, 0.1) is 28.5 Å². The summed E-state index contributed by atoms with van der Waals surface area (Å²) in [7, 11) is 0. The lowest BCUT2D eigenvalue weighted by Crippen LogP contribution is -2.61. The van der Waals surface area contributed by atoms with Gasteiger partial charge in [0.2, 0.25) is 5.91 Å². The second-order valence-electron chi connectivity index (χ2n) is 10.8. The van der Waals surface area contributed by atoms with E-state index in [9.17, 15) is 24.2 Å². The van der Waals surface area contributed by atoms with E-state index in [1.807, 2.05) is 20.8 Å². The smallest absolute Gasteiger partial charge is 0.407 e. The minimum Gasteiger partial charge on any atom is -0.446 e. The number of aliphatic hydroxyl groups excluding tert-OH is 2. The molecule has 2 amide bonds. The molecule has 8 heteroatoms. The lowest BCUT2D eigenvalue weighted by atomic mass is 9.46. The molecule has 0 heterocycles. The van der Waals surface area contributed by atoms with E-state index in [0.717, 1.165) is 5.56 Å². The Morgan fingerprint density at radius 3 is 2.47 bits per heavy atom. The van der Waals surface area contributed by atoms with E-state index in [2.05, 4.69) is 17.6 Å². The van der Waals surface area contributed by atoms with Gasteiger partial charge >= 0.3 is 6.09 Å². The number of halogens is 1. The number of benzene rings is 1. The van der Waals surface area contributed by atoms with Gasteiger partial charge in [0.05, 0.1) is 12.7 Å². The fraction of sp³-hybridized carbons (Fsp3) is 0.692. The zero-order valence-electron chi connectivity index (χ0n) is 20.6. The zero-order valence-corrected chi connectivity index (χ0v) is 20.6. The summed E-state index contributed by atoms with van der Waals surface area (Å²) in [5.74, 6) is -0.798. The van der Waals surface area contributed by atoms with Crippen LogP contribution in [0.1, 0.15) is 65.4 Å². The maximum atomic E-state index is 13.1. The molecule has 4 N–H and O–H groups in total. The average molecular weight is 479 g/mol. The van der Waals surface area contributed by atoms with Gasteiger partial charge in [0.25, 0.3) is 0 Å². The Kier molecular flexibility index (Phi) is 8.24. The molecule has 1 aromatic carbocycles. The molecule has 34 heavy (non-hydrogen) atoms. The Morgan fingerprint density at radius 1 is 1.18 bits per heavy atom. The summed E-state index contributed by atoms with van der Waals surface area (Å²) in [4.78, 5) is 25.1. The molecule has 190 valence electrons. The Bertz CT molecular complexity index is 863. The van der Waals surface area contributed by atoms with Gasteiger partial charge in [-0.25, -0.2) is 9.18 Å². The van der Waals surface area contributed by atoms with Crippen LogP contribution in [0.5, 0.6) is 0 Å². The first-order chi connectivity index (χ1) is 16.0. The number of nitrogens with one attached hydrogen (secondary N) is 2. The van der Waals surface area contributed by atoms with Crippen molar-refractivity contribution < 1.29 is 28.9 Å². The summed E-state index contributed by atoms with van der Waals surface area (Å²) in [6.45, 7) is 7.91. The molecule has 2 fully saturated rings. The second-order valence-corrected chi connectivity index (χ2v) is 10.8. The van der Waals surface area contributed by atoms with Crippen LogP contribution >= 0.6 is 0 Å². The third kappa shape index (κ3) is 5.54. The number of ether oxygens (including phenoxy) is 1. The van der Waals surface area contributed by atoms with E-state index < -0.39 is 29.1 Å². The van der Waals surface area contributed by atoms with Crippen molar-refractivity contribution in [1.29, 1.82) is 0 Å². The van der Waals surface area contributed by atoms with Crippen molar-refractivity contribution in [3.63, 3.8) is 0 Å². The monoisotopic (exact) mass is 478 g/mol. The molecule has 7 nitrogen and oxygen atoms in total. The van der Waals surface area contributed by atoms with Crippen molar-refractivity contribution in [1.82, 2.24) is 10.6 Å². The van der Waals surface area contributed by atoms with Crippen LogP contribution in [0.15, 0.2) is 24.3 Å². The quantitative estimate of drug-likeness (QED) is 0.480. The summed E-state index contributed by atoms with van der Waals surface area (Å²) < 4.78 is 18.9. The highest BCUT2D eigenvalue weighted by Gasteiger charge is 2.60. The fourth-order valence-electron chi connectivity index (χ4n) is 6.25. The Balaban J connectivity index is 1.72. The van der Waals surface area contributed by atoms with Crippen molar-refractivity contribution in [3.8, 4) is 0 Å². The number of alkyl carbamates (subject to hydrolysis) is 1. The van der Waals surface area contributed by atoms with Gasteiger partial charge in [-0.3, -0.25) is 4.79 Å². The molecule has 0 aromatic heterocycles. The molecule has 6 atom stereocenters. The van der Waals surface area contributed by atoms with E-state index in [4.69, 9.17) is 4.74 Å². The van der Waals surface area contributed by atoms with Crippen molar-refractivity contribution >= 4 is 12.0 Å². The number of amides is 2.